The van der Waals surface area contributed by atoms with Crippen molar-refractivity contribution in [2.45, 2.75) is 5.92 Å². The molecule has 23 heavy (non-hydrogen) atoms. The highest BCUT2D eigenvalue weighted by molar-refractivity contribution is 9.10. The topological polar surface area (TPSA) is 133 Å². The number of rotatable bonds is 2. The third kappa shape index (κ3) is 2.87. The lowest BCUT2D eigenvalue weighted by Crippen LogP contribution is -2.33. The van der Waals surface area contributed by atoms with Crippen molar-refractivity contribution < 1.29 is 0 Å². The molecule has 6 nitrogen and oxygen atoms in total. The second-order valence-corrected chi connectivity index (χ2v) is 5.60. The second kappa shape index (κ2) is 6.67. The molecule has 1 heterocycles. The van der Waals surface area contributed by atoms with E-state index >= 15 is 0 Å². The Labute approximate surface area is 141 Å². The number of nitrogens with zero attached hydrogens (tertiary/aromatic N) is 4. The average Bonchev–Trinajstić information content (AvgIpc) is 2.55. The quantitative estimate of drug-likeness (QED) is 0.826. The number of nitrogens with two attached hydrogens (primary N) is 1. The SMILES string of the molecule is N#CC1=C(N)NC(C(C#N)C#N)=C(C#N)C1c1cccc(Br)c1. The Morgan fingerprint density at radius 2 is 1.74 bits per heavy atom. The molecule has 0 bridgehead atoms. The summed E-state index contributed by atoms with van der Waals surface area (Å²) in [5, 5.41) is 39.9. The van der Waals surface area contributed by atoms with Crippen molar-refractivity contribution in [3.05, 3.63) is 57.0 Å². The molecule has 1 aliphatic rings. The average molecular weight is 365 g/mol. The molecule has 1 aromatic rings. The standard InChI is InChI=1S/C16H9BrN6/c17-11-3-1-2-9(4-11)14-12(7-20)15(10(5-18)6-19)23-16(22)13(14)8-21/h1-4,10,14,23H,22H2. The van der Waals surface area contributed by atoms with Crippen molar-refractivity contribution >= 4 is 15.9 Å². The van der Waals surface area contributed by atoms with Gasteiger partial charge in [-0.1, -0.05) is 28.1 Å². The van der Waals surface area contributed by atoms with E-state index in [1.54, 1.807) is 18.2 Å². The molecule has 110 valence electrons. The van der Waals surface area contributed by atoms with Crippen molar-refractivity contribution in [3.63, 3.8) is 0 Å². The highest BCUT2D eigenvalue weighted by atomic mass is 79.9. The zero-order valence-electron chi connectivity index (χ0n) is 11.7. The zero-order chi connectivity index (χ0) is 17.0. The van der Waals surface area contributed by atoms with Crippen molar-refractivity contribution in [2.75, 3.05) is 0 Å². The summed E-state index contributed by atoms with van der Waals surface area (Å²) < 4.78 is 0.778. The van der Waals surface area contributed by atoms with Crippen molar-refractivity contribution in [3.8, 4) is 24.3 Å². The predicted molar refractivity (Wildman–Crippen MR) is 84.2 cm³/mol. The molecule has 1 aliphatic heterocycles. The molecule has 1 unspecified atom stereocenters. The summed E-state index contributed by atoms with van der Waals surface area (Å²) in [5.41, 5.74) is 7.00. The number of hydrogen-bond acceptors (Lipinski definition) is 6. The zero-order valence-corrected chi connectivity index (χ0v) is 13.3. The molecule has 0 radical (unpaired) electrons. The van der Waals surface area contributed by atoms with E-state index in [-0.39, 0.29) is 22.7 Å². The molecule has 0 aliphatic carbocycles. The van der Waals surface area contributed by atoms with Crippen molar-refractivity contribution in [1.82, 2.24) is 5.32 Å². The van der Waals surface area contributed by atoms with Gasteiger partial charge in [-0.2, -0.15) is 21.0 Å². The Balaban J connectivity index is 2.74. The van der Waals surface area contributed by atoms with Crippen LogP contribution in [0.5, 0.6) is 0 Å². The lowest BCUT2D eigenvalue weighted by atomic mass is 9.80. The fraction of sp³-hybridized carbons (Fsp3) is 0.125. The normalized spacial score (nSPS) is 16.9. The summed E-state index contributed by atoms with van der Waals surface area (Å²) in [5.74, 6) is -1.84. The number of halogens is 1. The highest BCUT2D eigenvalue weighted by Gasteiger charge is 2.34. The molecule has 0 aromatic heterocycles. The van der Waals surface area contributed by atoms with Gasteiger partial charge in [0.25, 0.3) is 0 Å². The van der Waals surface area contributed by atoms with Crippen LogP contribution in [-0.4, -0.2) is 0 Å². The fourth-order valence-corrected chi connectivity index (χ4v) is 2.81. The first-order valence-corrected chi connectivity index (χ1v) is 7.22. The molecule has 0 spiro atoms. The number of dihydropyridines is 1. The minimum Gasteiger partial charge on any atom is -0.384 e. The Morgan fingerprint density at radius 1 is 1.09 bits per heavy atom. The number of hydrogen-bond donors (Lipinski definition) is 2. The van der Waals surface area contributed by atoms with Gasteiger partial charge < -0.3 is 11.1 Å². The maximum absolute atomic E-state index is 9.55. The highest BCUT2D eigenvalue weighted by Crippen LogP contribution is 2.38. The van der Waals surface area contributed by atoms with Crippen LogP contribution in [-0.2, 0) is 0 Å². The van der Waals surface area contributed by atoms with Crippen LogP contribution >= 0.6 is 15.9 Å². The summed E-state index contributed by atoms with van der Waals surface area (Å²) in [4.78, 5) is 0. The first kappa shape index (κ1) is 16.1. The van der Waals surface area contributed by atoms with Crippen LogP contribution in [0.4, 0.5) is 0 Å². The van der Waals surface area contributed by atoms with E-state index in [2.05, 4.69) is 21.2 Å². The maximum atomic E-state index is 9.55. The molecule has 3 N–H and O–H groups in total. The predicted octanol–water partition coefficient (Wildman–Crippen LogP) is 2.27. The monoisotopic (exact) mass is 364 g/mol. The Kier molecular flexibility index (Phi) is 4.67. The van der Waals surface area contributed by atoms with E-state index in [4.69, 9.17) is 16.3 Å². The van der Waals surface area contributed by atoms with Gasteiger partial charge in [-0.05, 0) is 17.7 Å². The van der Waals surface area contributed by atoms with E-state index in [9.17, 15) is 10.5 Å². The van der Waals surface area contributed by atoms with Crippen LogP contribution in [0.15, 0.2) is 51.4 Å². The van der Waals surface area contributed by atoms with Gasteiger partial charge >= 0.3 is 0 Å². The van der Waals surface area contributed by atoms with Gasteiger partial charge in [0.2, 0.25) is 0 Å². The summed E-state index contributed by atoms with van der Waals surface area (Å²) in [6, 6.07) is 14.8. The Bertz CT molecular complexity index is 871. The first-order chi connectivity index (χ1) is 11.1. The molecule has 2 rings (SSSR count). The van der Waals surface area contributed by atoms with E-state index in [1.165, 1.54) is 0 Å². The molecule has 1 aromatic carbocycles. The van der Waals surface area contributed by atoms with Gasteiger partial charge in [0.1, 0.15) is 5.82 Å². The van der Waals surface area contributed by atoms with E-state index in [1.807, 2.05) is 30.3 Å². The van der Waals surface area contributed by atoms with Crippen LogP contribution in [0.2, 0.25) is 0 Å². The third-order valence-corrected chi connectivity index (χ3v) is 3.89. The van der Waals surface area contributed by atoms with Crippen LogP contribution in [0.1, 0.15) is 11.5 Å². The summed E-state index contributed by atoms with van der Waals surface area (Å²) in [6.07, 6.45) is 0. The van der Waals surface area contributed by atoms with Crippen LogP contribution in [0.3, 0.4) is 0 Å². The van der Waals surface area contributed by atoms with Crippen molar-refractivity contribution in [1.29, 1.82) is 21.0 Å². The van der Waals surface area contributed by atoms with E-state index in [0.29, 0.717) is 5.56 Å². The minimum absolute atomic E-state index is 0.0435. The minimum atomic E-state index is -1.17. The molecule has 1 atom stereocenters. The molecular formula is C16H9BrN6. The third-order valence-electron chi connectivity index (χ3n) is 3.40. The van der Waals surface area contributed by atoms with Gasteiger partial charge in [-0.3, -0.25) is 0 Å². The van der Waals surface area contributed by atoms with Gasteiger partial charge in [0.05, 0.1) is 47.0 Å². The second-order valence-electron chi connectivity index (χ2n) is 4.68. The van der Waals surface area contributed by atoms with Gasteiger partial charge in [-0.25, -0.2) is 0 Å². The lowest BCUT2D eigenvalue weighted by molar-refractivity contribution is 0.743. The van der Waals surface area contributed by atoms with E-state index in [0.717, 1.165) is 4.47 Å². The van der Waals surface area contributed by atoms with Crippen LogP contribution in [0, 0.1) is 51.2 Å². The molecule has 0 amide bonds. The number of allylic oxidation sites excluding steroid dienone is 3. The first-order valence-electron chi connectivity index (χ1n) is 6.43. The van der Waals surface area contributed by atoms with Crippen LogP contribution in [0.25, 0.3) is 0 Å². The summed E-state index contributed by atoms with van der Waals surface area (Å²) in [6.45, 7) is 0. The van der Waals surface area contributed by atoms with Crippen LogP contribution < -0.4 is 11.1 Å². The molecule has 0 saturated carbocycles. The van der Waals surface area contributed by atoms with E-state index < -0.39 is 11.8 Å². The lowest BCUT2D eigenvalue weighted by Gasteiger charge is -2.27. The molecule has 0 fully saturated rings. The Morgan fingerprint density at radius 3 is 2.26 bits per heavy atom. The number of nitriles is 4. The van der Waals surface area contributed by atoms with Gasteiger partial charge in [-0.15, -0.1) is 0 Å². The molecule has 7 heteroatoms. The smallest absolute Gasteiger partial charge is 0.173 e. The number of nitrogens with one attached hydrogen (secondary N) is 1. The van der Waals surface area contributed by atoms with Gasteiger partial charge in [0, 0.05) is 4.47 Å². The fourth-order valence-electron chi connectivity index (χ4n) is 2.39. The van der Waals surface area contributed by atoms with Gasteiger partial charge in [0.15, 0.2) is 5.92 Å². The number of benzene rings is 1. The molecular weight excluding hydrogens is 356 g/mol. The maximum Gasteiger partial charge on any atom is 0.173 e. The van der Waals surface area contributed by atoms with Crippen molar-refractivity contribution in [2.24, 2.45) is 11.7 Å². The Hall–Kier alpha value is -3.26. The molecule has 0 saturated heterocycles. The summed E-state index contributed by atoms with van der Waals surface area (Å²) >= 11 is 3.35. The summed E-state index contributed by atoms with van der Waals surface area (Å²) in [7, 11) is 0. The largest absolute Gasteiger partial charge is 0.384 e.